The Balaban J connectivity index is 1.61. The minimum absolute atomic E-state index is 0.127. The quantitative estimate of drug-likeness (QED) is 0.373. The molecule has 4 rings (SSSR count). The molecule has 0 radical (unpaired) electrons. The van der Waals surface area contributed by atoms with Gasteiger partial charge >= 0.3 is 0 Å². The molecule has 5 nitrogen and oxygen atoms in total. The van der Waals surface area contributed by atoms with E-state index in [4.69, 9.17) is 12.2 Å². The lowest BCUT2D eigenvalue weighted by Crippen LogP contribution is -2.54. The van der Waals surface area contributed by atoms with Crippen LogP contribution < -0.4 is 5.32 Å². The molecule has 2 heterocycles. The van der Waals surface area contributed by atoms with Crippen molar-refractivity contribution in [2.24, 2.45) is 7.05 Å². The molecule has 1 saturated heterocycles. The van der Waals surface area contributed by atoms with Crippen molar-refractivity contribution in [3.63, 3.8) is 0 Å². The SMILES string of the molecule is Cn1cc(C=C2C(=O)NC(=S)N(CCC3=CCCCC3)C2=O)c2ccccc21. The summed E-state index contributed by atoms with van der Waals surface area (Å²) in [5, 5.41) is 3.88. The highest BCUT2D eigenvalue weighted by molar-refractivity contribution is 7.80. The van der Waals surface area contributed by atoms with E-state index in [1.165, 1.54) is 23.3 Å². The van der Waals surface area contributed by atoms with Crippen molar-refractivity contribution >= 4 is 46.1 Å². The number of hydrogen-bond donors (Lipinski definition) is 1. The normalized spacial score (nSPS) is 19.3. The highest BCUT2D eigenvalue weighted by atomic mass is 32.1. The summed E-state index contributed by atoms with van der Waals surface area (Å²) in [5.41, 5.74) is 3.40. The molecule has 1 N–H and O–H groups in total. The predicted molar refractivity (Wildman–Crippen MR) is 115 cm³/mol. The molecule has 0 spiro atoms. The second kappa shape index (κ2) is 7.72. The molecule has 2 aromatic rings. The molecule has 6 heteroatoms. The maximum atomic E-state index is 13.0. The van der Waals surface area contributed by atoms with Gasteiger partial charge < -0.3 is 4.57 Å². The standard InChI is InChI=1S/C22H23N3O2S/c1-24-14-16(17-9-5-6-10-19(17)24)13-18-20(26)23-22(28)25(21(18)27)12-11-15-7-3-2-4-8-15/h5-7,9-10,13-14H,2-4,8,11-12H2,1H3,(H,23,26,28). The van der Waals surface area contributed by atoms with Gasteiger partial charge in [0, 0.05) is 36.3 Å². The van der Waals surface area contributed by atoms with Crippen LogP contribution in [0.5, 0.6) is 0 Å². The van der Waals surface area contributed by atoms with Crippen molar-refractivity contribution in [3.05, 3.63) is 53.2 Å². The first kappa shape index (κ1) is 18.6. The fraction of sp³-hybridized carbons (Fsp3) is 0.318. The Morgan fingerprint density at radius 2 is 2.04 bits per heavy atom. The van der Waals surface area contributed by atoms with Crippen LogP contribution in [0.4, 0.5) is 0 Å². The second-order valence-corrected chi connectivity index (χ2v) is 7.73. The van der Waals surface area contributed by atoms with Crippen molar-refractivity contribution in [2.75, 3.05) is 6.54 Å². The zero-order chi connectivity index (χ0) is 19.7. The van der Waals surface area contributed by atoms with Gasteiger partial charge in [0.15, 0.2) is 5.11 Å². The first-order valence-electron chi connectivity index (χ1n) is 9.65. The molecular formula is C22H23N3O2S. The zero-order valence-electron chi connectivity index (χ0n) is 15.9. The van der Waals surface area contributed by atoms with Crippen molar-refractivity contribution in [3.8, 4) is 0 Å². The maximum absolute atomic E-state index is 13.0. The third-order valence-corrected chi connectivity index (χ3v) is 5.78. The summed E-state index contributed by atoms with van der Waals surface area (Å²) in [4.78, 5) is 27.0. The first-order valence-corrected chi connectivity index (χ1v) is 10.1. The second-order valence-electron chi connectivity index (χ2n) is 7.34. The van der Waals surface area contributed by atoms with Crippen LogP contribution >= 0.6 is 12.2 Å². The van der Waals surface area contributed by atoms with Gasteiger partial charge in [-0.25, -0.2) is 0 Å². The number of aromatic nitrogens is 1. The van der Waals surface area contributed by atoms with Crippen molar-refractivity contribution < 1.29 is 9.59 Å². The van der Waals surface area contributed by atoms with Gasteiger partial charge in [0.05, 0.1) is 0 Å². The Labute approximate surface area is 169 Å². The van der Waals surface area contributed by atoms with Gasteiger partial charge in [-0.3, -0.25) is 19.8 Å². The van der Waals surface area contributed by atoms with E-state index in [1.54, 1.807) is 6.08 Å². The Bertz CT molecular complexity index is 1030. The number of para-hydroxylation sites is 1. The summed E-state index contributed by atoms with van der Waals surface area (Å²) in [6.45, 7) is 0.497. The Morgan fingerprint density at radius 3 is 2.82 bits per heavy atom. The van der Waals surface area contributed by atoms with Crippen molar-refractivity contribution in [1.82, 2.24) is 14.8 Å². The van der Waals surface area contributed by atoms with E-state index >= 15 is 0 Å². The number of allylic oxidation sites excluding steroid dienone is 1. The largest absolute Gasteiger partial charge is 0.350 e. The van der Waals surface area contributed by atoms with Crippen molar-refractivity contribution in [2.45, 2.75) is 32.1 Å². The fourth-order valence-corrected chi connectivity index (χ4v) is 4.19. The molecule has 2 amide bonds. The van der Waals surface area contributed by atoms with E-state index in [1.807, 2.05) is 42.1 Å². The molecule has 1 aromatic carbocycles. The lowest BCUT2D eigenvalue weighted by atomic mass is 9.97. The van der Waals surface area contributed by atoms with Gasteiger partial charge in [0.1, 0.15) is 5.57 Å². The molecule has 1 aliphatic heterocycles. The smallest absolute Gasteiger partial charge is 0.265 e. The Kier molecular flexibility index (Phi) is 5.13. The minimum atomic E-state index is -0.434. The van der Waals surface area contributed by atoms with E-state index in [2.05, 4.69) is 11.4 Å². The van der Waals surface area contributed by atoms with Crippen LogP contribution in [-0.4, -0.2) is 32.9 Å². The summed E-state index contributed by atoms with van der Waals surface area (Å²) in [6.07, 6.45) is 11.3. The van der Waals surface area contributed by atoms with E-state index in [9.17, 15) is 9.59 Å². The summed E-state index contributed by atoms with van der Waals surface area (Å²) < 4.78 is 1.99. The zero-order valence-corrected chi connectivity index (χ0v) is 16.7. The molecule has 0 saturated carbocycles. The third-order valence-electron chi connectivity index (χ3n) is 5.45. The van der Waals surface area contributed by atoms with Gasteiger partial charge in [-0.15, -0.1) is 0 Å². The first-order chi connectivity index (χ1) is 13.5. The summed E-state index contributed by atoms with van der Waals surface area (Å²) in [6, 6.07) is 7.93. The molecular weight excluding hydrogens is 370 g/mol. The number of rotatable bonds is 4. The molecule has 1 aromatic heterocycles. The molecule has 0 unspecified atom stereocenters. The summed E-state index contributed by atoms with van der Waals surface area (Å²) >= 11 is 5.27. The van der Waals surface area contributed by atoms with Crippen LogP contribution in [0.1, 0.15) is 37.7 Å². The highest BCUT2D eigenvalue weighted by Gasteiger charge is 2.33. The topological polar surface area (TPSA) is 54.3 Å². The maximum Gasteiger partial charge on any atom is 0.265 e. The van der Waals surface area contributed by atoms with E-state index < -0.39 is 5.91 Å². The van der Waals surface area contributed by atoms with E-state index in [0.717, 1.165) is 35.7 Å². The van der Waals surface area contributed by atoms with E-state index in [-0.39, 0.29) is 16.6 Å². The molecule has 28 heavy (non-hydrogen) atoms. The lowest BCUT2D eigenvalue weighted by Gasteiger charge is -2.29. The number of thiocarbonyl (C=S) groups is 1. The number of nitrogens with zero attached hydrogens (tertiary/aromatic N) is 2. The molecule has 2 aliphatic rings. The summed E-state index contributed by atoms with van der Waals surface area (Å²) in [7, 11) is 1.95. The van der Waals surface area contributed by atoms with Crippen LogP contribution in [0.25, 0.3) is 17.0 Å². The number of carbonyl (C=O) groups is 2. The molecule has 0 bridgehead atoms. The number of hydrogen-bond acceptors (Lipinski definition) is 3. The fourth-order valence-electron chi connectivity index (χ4n) is 3.93. The van der Waals surface area contributed by atoms with Gasteiger partial charge in [0.2, 0.25) is 0 Å². The van der Waals surface area contributed by atoms with Gasteiger partial charge in [0.25, 0.3) is 11.8 Å². The highest BCUT2D eigenvalue weighted by Crippen LogP contribution is 2.25. The minimum Gasteiger partial charge on any atom is -0.350 e. The van der Waals surface area contributed by atoms with Crippen molar-refractivity contribution in [1.29, 1.82) is 0 Å². The lowest BCUT2D eigenvalue weighted by molar-refractivity contribution is -0.128. The molecule has 0 atom stereocenters. The molecule has 144 valence electrons. The number of fused-ring (bicyclic) bond motifs is 1. The van der Waals surface area contributed by atoms with Crippen LogP contribution in [0, 0.1) is 0 Å². The Morgan fingerprint density at radius 1 is 1.21 bits per heavy atom. The predicted octanol–water partition coefficient (Wildman–Crippen LogP) is 3.70. The number of benzene rings is 1. The van der Waals surface area contributed by atoms with Gasteiger partial charge in [-0.1, -0.05) is 29.8 Å². The number of amides is 2. The number of nitrogens with one attached hydrogen (secondary N) is 1. The molecule has 1 fully saturated rings. The Hall–Kier alpha value is -2.73. The van der Waals surface area contributed by atoms with Gasteiger partial charge in [-0.2, -0.15) is 0 Å². The van der Waals surface area contributed by atoms with Crippen LogP contribution in [0.2, 0.25) is 0 Å². The number of carbonyl (C=O) groups excluding carboxylic acids is 2. The van der Waals surface area contributed by atoms with Crippen LogP contribution in [0.3, 0.4) is 0 Å². The van der Waals surface area contributed by atoms with Crippen LogP contribution in [-0.2, 0) is 16.6 Å². The average molecular weight is 394 g/mol. The van der Waals surface area contributed by atoms with E-state index in [0.29, 0.717) is 6.54 Å². The van der Waals surface area contributed by atoms with Gasteiger partial charge in [-0.05, 0) is 56.5 Å². The van der Waals surface area contributed by atoms with Crippen LogP contribution in [0.15, 0.2) is 47.7 Å². The average Bonchev–Trinajstić information content (AvgIpc) is 3.02. The monoisotopic (exact) mass is 393 g/mol. The third kappa shape index (κ3) is 3.52. The number of aryl methyl sites for hydroxylation is 1. The molecule has 1 aliphatic carbocycles. The summed E-state index contributed by atoms with van der Waals surface area (Å²) in [5.74, 6) is -0.755.